The lowest BCUT2D eigenvalue weighted by molar-refractivity contribution is 0.153. The molecule has 0 radical (unpaired) electrons. The van der Waals surface area contributed by atoms with Crippen molar-refractivity contribution in [2.24, 2.45) is 0 Å². The molecule has 0 atom stereocenters. The number of hydrazine groups is 1. The van der Waals surface area contributed by atoms with E-state index in [2.05, 4.69) is 10.7 Å². The Labute approximate surface area is 91.4 Å². The minimum Gasteiger partial charge on any atom is -0.334 e. The Kier molecular flexibility index (Phi) is 3.83. The van der Waals surface area contributed by atoms with Gasteiger partial charge in [0.25, 0.3) is 0 Å². The van der Waals surface area contributed by atoms with Crippen LogP contribution in [0.2, 0.25) is 0 Å². The van der Waals surface area contributed by atoms with Crippen molar-refractivity contribution < 1.29 is 4.79 Å². The number of carbonyl (C=O) groups excluding carboxylic acids is 1. The van der Waals surface area contributed by atoms with Crippen LogP contribution >= 0.6 is 0 Å². The summed E-state index contributed by atoms with van der Waals surface area (Å²) >= 11 is 0. The summed E-state index contributed by atoms with van der Waals surface area (Å²) in [6, 6.07) is 0.401. The third-order valence-electron chi connectivity index (χ3n) is 3.31. The lowest BCUT2D eigenvalue weighted by Crippen LogP contribution is -2.51. The van der Waals surface area contributed by atoms with E-state index in [9.17, 15) is 4.79 Å². The SMILES string of the molecule is O=C(NC1CCCC1)NN1CCCCC1. The van der Waals surface area contributed by atoms with E-state index in [0.717, 1.165) is 25.9 Å². The minimum absolute atomic E-state index is 0.0104. The first-order valence-electron chi connectivity index (χ1n) is 6.17. The zero-order valence-corrected chi connectivity index (χ0v) is 9.30. The summed E-state index contributed by atoms with van der Waals surface area (Å²) in [5.41, 5.74) is 2.93. The second-order valence-corrected chi connectivity index (χ2v) is 4.61. The summed E-state index contributed by atoms with van der Waals surface area (Å²) in [6.45, 7) is 2.00. The Morgan fingerprint density at radius 1 is 1.00 bits per heavy atom. The maximum absolute atomic E-state index is 11.6. The summed E-state index contributed by atoms with van der Waals surface area (Å²) in [4.78, 5) is 11.6. The smallest absolute Gasteiger partial charge is 0.329 e. The molecule has 0 spiro atoms. The number of carbonyl (C=O) groups is 1. The molecule has 86 valence electrons. The summed E-state index contributed by atoms with van der Waals surface area (Å²) < 4.78 is 0. The molecule has 2 N–H and O–H groups in total. The number of piperidine rings is 1. The van der Waals surface area contributed by atoms with Crippen molar-refractivity contribution in [3.05, 3.63) is 0 Å². The molecule has 1 aliphatic heterocycles. The van der Waals surface area contributed by atoms with Crippen LogP contribution in [0, 0.1) is 0 Å². The van der Waals surface area contributed by atoms with E-state index in [-0.39, 0.29) is 6.03 Å². The highest BCUT2D eigenvalue weighted by Gasteiger charge is 2.18. The van der Waals surface area contributed by atoms with Crippen LogP contribution in [0.25, 0.3) is 0 Å². The fourth-order valence-electron chi connectivity index (χ4n) is 2.44. The lowest BCUT2D eigenvalue weighted by atomic mass is 10.2. The number of nitrogens with zero attached hydrogens (tertiary/aromatic N) is 1. The number of urea groups is 1. The number of hydrogen-bond acceptors (Lipinski definition) is 2. The average molecular weight is 211 g/mol. The predicted octanol–water partition coefficient (Wildman–Crippen LogP) is 1.63. The normalized spacial score (nSPS) is 24.0. The van der Waals surface area contributed by atoms with Crippen LogP contribution in [-0.4, -0.2) is 30.2 Å². The van der Waals surface area contributed by atoms with E-state index in [0.29, 0.717) is 6.04 Å². The van der Waals surface area contributed by atoms with Gasteiger partial charge in [-0.3, -0.25) is 5.43 Å². The van der Waals surface area contributed by atoms with Crippen LogP contribution in [0.1, 0.15) is 44.9 Å². The van der Waals surface area contributed by atoms with Gasteiger partial charge in [-0.25, -0.2) is 9.80 Å². The first kappa shape index (κ1) is 10.7. The molecule has 0 unspecified atom stereocenters. The van der Waals surface area contributed by atoms with Gasteiger partial charge in [-0.15, -0.1) is 0 Å². The molecule has 0 bridgehead atoms. The molecule has 1 saturated carbocycles. The van der Waals surface area contributed by atoms with Crippen LogP contribution < -0.4 is 10.7 Å². The molecule has 4 nitrogen and oxygen atoms in total. The zero-order valence-electron chi connectivity index (χ0n) is 9.30. The summed E-state index contributed by atoms with van der Waals surface area (Å²) in [5.74, 6) is 0. The van der Waals surface area contributed by atoms with Gasteiger partial charge in [0, 0.05) is 19.1 Å². The van der Waals surface area contributed by atoms with Gasteiger partial charge >= 0.3 is 6.03 Å². The predicted molar refractivity (Wildman–Crippen MR) is 59.3 cm³/mol. The molecule has 1 heterocycles. The van der Waals surface area contributed by atoms with Gasteiger partial charge in [0.15, 0.2) is 0 Å². The maximum Gasteiger partial charge on any atom is 0.329 e. The molecule has 1 saturated heterocycles. The summed E-state index contributed by atoms with van der Waals surface area (Å²) in [7, 11) is 0. The van der Waals surface area contributed by atoms with E-state index in [4.69, 9.17) is 0 Å². The van der Waals surface area contributed by atoms with Crippen molar-refractivity contribution in [1.82, 2.24) is 15.8 Å². The van der Waals surface area contributed by atoms with E-state index < -0.39 is 0 Å². The standard InChI is InChI=1S/C11H21N3O/c15-11(12-10-6-2-3-7-10)13-14-8-4-1-5-9-14/h10H,1-9H2,(H2,12,13,15). The Morgan fingerprint density at radius 2 is 1.67 bits per heavy atom. The summed E-state index contributed by atoms with van der Waals surface area (Å²) in [5, 5.41) is 5.07. The van der Waals surface area contributed by atoms with Gasteiger partial charge < -0.3 is 5.32 Å². The van der Waals surface area contributed by atoms with Crippen LogP contribution in [0.5, 0.6) is 0 Å². The average Bonchev–Trinajstić information content (AvgIpc) is 2.71. The quantitative estimate of drug-likeness (QED) is 0.729. The Hall–Kier alpha value is -0.770. The number of hydrogen-bond donors (Lipinski definition) is 2. The molecule has 2 rings (SSSR count). The first-order chi connectivity index (χ1) is 7.34. The van der Waals surface area contributed by atoms with Gasteiger partial charge in [0.1, 0.15) is 0 Å². The third-order valence-corrected chi connectivity index (χ3v) is 3.31. The molecule has 2 aliphatic rings. The van der Waals surface area contributed by atoms with Gasteiger partial charge in [-0.2, -0.15) is 0 Å². The number of nitrogens with one attached hydrogen (secondary N) is 2. The molecular formula is C11H21N3O. The lowest BCUT2D eigenvalue weighted by Gasteiger charge is -2.27. The molecule has 0 aromatic heterocycles. The molecule has 0 aromatic rings. The molecule has 15 heavy (non-hydrogen) atoms. The molecular weight excluding hydrogens is 190 g/mol. The van der Waals surface area contributed by atoms with E-state index in [1.165, 1.54) is 32.1 Å². The largest absolute Gasteiger partial charge is 0.334 e. The summed E-state index contributed by atoms with van der Waals surface area (Å²) in [6.07, 6.45) is 8.50. The van der Waals surface area contributed by atoms with E-state index >= 15 is 0 Å². The monoisotopic (exact) mass is 211 g/mol. The van der Waals surface area contributed by atoms with Gasteiger partial charge in [-0.1, -0.05) is 19.3 Å². The number of rotatable bonds is 2. The highest BCUT2D eigenvalue weighted by molar-refractivity contribution is 5.73. The van der Waals surface area contributed by atoms with Crippen LogP contribution in [-0.2, 0) is 0 Å². The Bertz CT molecular complexity index is 208. The first-order valence-corrected chi connectivity index (χ1v) is 6.17. The van der Waals surface area contributed by atoms with Crippen molar-refractivity contribution in [2.75, 3.05) is 13.1 Å². The Balaban J connectivity index is 1.66. The fraction of sp³-hybridized carbons (Fsp3) is 0.909. The van der Waals surface area contributed by atoms with Crippen molar-refractivity contribution >= 4 is 6.03 Å². The van der Waals surface area contributed by atoms with E-state index in [1.54, 1.807) is 0 Å². The van der Waals surface area contributed by atoms with Crippen LogP contribution in [0.4, 0.5) is 4.79 Å². The molecule has 2 amide bonds. The van der Waals surface area contributed by atoms with Crippen molar-refractivity contribution in [3.63, 3.8) is 0 Å². The van der Waals surface area contributed by atoms with Crippen molar-refractivity contribution in [1.29, 1.82) is 0 Å². The van der Waals surface area contributed by atoms with Gasteiger partial charge in [0.2, 0.25) is 0 Å². The second-order valence-electron chi connectivity index (χ2n) is 4.61. The minimum atomic E-state index is -0.0104. The van der Waals surface area contributed by atoms with Crippen LogP contribution in [0.15, 0.2) is 0 Å². The second kappa shape index (κ2) is 5.35. The Morgan fingerprint density at radius 3 is 2.33 bits per heavy atom. The number of amides is 2. The van der Waals surface area contributed by atoms with Crippen molar-refractivity contribution in [3.8, 4) is 0 Å². The zero-order chi connectivity index (χ0) is 10.5. The van der Waals surface area contributed by atoms with Gasteiger partial charge in [0.05, 0.1) is 0 Å². The highest BCUT2D eigenvalue weighted by Crippen LogP contribution is 2.17. The maximum atomic E-state index is 11.6. The topological polar surface area (TPSA) is 44.4 Å². The highest BCUT2D eigenvalue weighted by atomic mass is 16.2. The fourth-order valence-corrected chi connectivity index (χ4v) is 2.44. The third kappa shape index (κ3) is 3.38. The molecule has 1 aliphatic carbocycles. The van der Waals surface area contributed by atoms with Crippen LogP contribution in [0.3, 0.4) is 0 Å². The molecule has 4 heteroatoms. The van der Waals surface area contributed by atoms with Gasteiger partial charge in [-0.05, 0) is 25.7 Å². The van der Waals surface area contributed by atoms with E-state index in [1.807, 2.05) is 5.01 Å². The molecule has 0 aromatic carbocycles. The molecule has 2 fully saturated rings. The van der Waals surface area contributed by atoms with Crippen molar-refractivity contribution in [2.45, 2.75) is 51.0 Å².